The van der Waals surface area contributed by atoms with Crippen LogP contribution in [0.3, 0.4) is 0 Å². The van der Waals surface area contributed by atoms with Crippen molar-refractivity contribution in [2.75, 3.05) is 10.2 Å². The lowest BCUT2D eigenvalue weighted by Gasteiger charge is -2.35. The summed E-state index contributed by atoms with van der Waals surface area (Å²) in [7, 11) is 0. The van der Waals surface area contributed by atoms with Crippen LogP contribution in [0, 0.1) is 0 Å². The smallest absolute Gasteiger partial charge is 0.127 e. The van der Waals surface area contributed by atoms with Crippen LogP contribution in [-0.4, -0.2) is 0 Å². The first-order valence-electron chi connectivity index (χ1n) is 42.1. The molecule has 592 valence electrons. The molecule has 5 heteroatoms. The lowest BCUT2D eigenvalue weighted by molar-refractivity contribution is 0.482. The van der Waals surface area contributed by atoms with Crippen molar-refractivity contribution in [2.24, 2.45) is 0 Å². The Balaban J connectivity index is 0.000000139. The summed E-state index contributed by atoms with van der Waals surface area (Å²) in [6.45, 7) is 30.7. The molecule has 0 heterocycles. The Labute approximate surface area is 723 Å². The van der Waals surface area contributed by atoms with Crippen molar-refractivity contribution in [3.8, 4) is 67.5 Å². The molecule has 121 heavy (non-hydrogen) atoms. The van der Waals surface area contributed by atoms with Gasteiger partial charge in [0.15, 0.2) is 0 Å². The van der Waals surface area contributed by atoms with Crippen LogP contribution in [0.4, 0.5) is 28.4 Å². The summed E-state index contributed by atoms with van der Waals surface area (Å²) in [4.78, 5) is 2.44. The van der Waals surface area contributed by atoms with Crippen LogP contribution in [-0.2, 0) is 32.5 Å². The molecule has 16 aromatic rings. The van der Waals surface area contributed by atoms with E-state index in [1.54, 1.807) is 0 Å². The van der Waals surface area contributed by atoms with Crippen molar-refractivity contribution < 1.29 is 9.47 Å². The molecule has 4 aliphatic carbocycles. The SMILES string of the molecule is C=Cc1ccc(Oc2ccc(C3(c4ccc(C(C)(C)C)cc4)c4ccccc4-c4ccc(Br)cc43)cc2)cc1.C=Cc1ccc(Oc2ccc(C3(c4ccc(C(C)(C)C)cc4)c4ccccc4-c4ccc(N(c5ccccc5)c5ccc6c(c5)C(C)(C)c5ccccc5-6)cc43)cc2)cc1.CC1(C)c2ccccc2-c2ccc(Nc3ccccc3)cc21. The predicted octanol–water partition coefficient (Wildman–Crippen LogP) is 31.8. The minimum absolute atomic E-state index is 0.0230. The molecule has 4 aliphatic rings. The number of nitrogens with one attached hydrogen (secondary N) is 1. The van der Waals surface area contributed by atoms with Gasteiger partial charge in [0.05, 0.1) is 10.8 Å². The van der Waals surface area contributed by atoms with Gasteiger partial charge in [-0.1, -0.05) is 365 Å². The lowest BCUT2D eigenvalue weighted by atomic mass is 9.67. The van der Waals surface area contributed by atoms with Crippen molar-refractivity contribution in [2.45, 2.75) is 102 Å². The molecule has 2 unspecified atom stereocenters. The van der Waals surface area contributed by atoms with Gasteiger partial charge < -0.3 is 19.7 Å². The summed E-state index contributed by atoms with van der Waals surface area (Å²) in [5.41, 5.74) is 35.4. The second kappa shape index (κ2) is 31.4. The number of para-hydroxylation sites is 2. The number of hydrogen-bond donors (Lipinski definition) is 1. The maximum absolute atomic E-state index is 6.40. The van der Waals surface area contributed by atoms with Crippen molar-refractivity contribution in [3.63, 3.8) is 0 Å². The standard InChI is InChI=1S/C58H49NO.C37H31BrO.C21H19N/c1-7-39-21-31-46(32-22-39)60-47-33-27-42(28-34-47)58(41-25-23-40(24-26-41)56(2,3)4)53-20-14-12-18-49(53)51-36-30-45(38-55(51)58)59(43-15-9-8-10-16-43)44-29-35-50-48-17-11-13-19-52(48)57(5,6)54(50)37-44;1-5-25-10-19-30(20-11-25)39-31-21-16-28(17-22-31)37(27-14-12-26(13-15-27)36(2,3)4)34-9-7-6-8-32(34)33-23-18-29(38)24-35(33)37;1-21(2)19-11-7-6-10-17(19)18-13-12-16(14-20(18)21)22-15-8-4-3-5-9-15/h7-38H,1H2,2-6H3;5-24H,1H2,2-4H3;3-14,22H,1-2H3. The van der Waals surface area contributed by atoms with E-state index in [-0.39, 0.29) is 21.7 Å². The van der Waals surface area contributed by atoms with Crippen molar-refractivity contribution in [1.29, 1.82) is 0 Å². The fourth-order valence-corrected chi connectivity index (χ4v) is 19.5. The summed E-state index contributed by atoms with van der Waals surface area (Å²) in [6, 6.07) is 136. The summed E-state index contributed by atoms with van der Waals surface area (Å²) in [5.74, 6) is 3.20. The number of rotatable bonds is 15. The van der Waals surface area contributed by atoms with Crippen LogP contribution < -0.4 is 19.7 Å². The molecule has 2 atom stereocenters. The Morgan fingerprint density at radius 3 is 1.01 bits per heavy atom. The van der Waals surface area contributed by atoms with Gasteiger partial charge in [0, 0.05) is 43.7 Å². The van der Waals surface area contributed by atoms with E-state index in [2.05, 4.69) is 430 Å². The fraction of sp³-hybridized carbons (Fsp3) is 0.138. The highest BCUT2D eigenvalue weighted by Gasteiger charge is 2.49. The van der Waals surface area contributed by atoms with E-state index in [9.17, 15) is 0 Å². The molecule has 0 spiro atoms. The predicted molar refractivity (Wildman–Crippen MR) is 512 cm³/mol. The molecule has 0 aromatic heterocycles. The number of nitrogens with zero attached hydrogens (tertiary/aromatic N) is 1. The third-order valence-corrected chi connectivity index (χ3v) is 25.9. The average Bonchev–Trinajstić information content (AvgIpc) is 1.55. The second-order valence-corrected chi connectivity index (χ2v) is 36.4. The third-order valence-electron chi connectivity index (χ3n) is 25.4. The number of ether oxygens (including phenoxy) is 2. The molecule has 1 N–H and O–H groups in total. The van der Waals surface area contributed by atoms with Gasteiger partial charge in [-0.2, -0.15) is 0 Å². The van der Waals surface area contributed by atoms with Crippen LogP contribution in [0.25, 0.3) is 56.7 Å². The summed E-state index contributed by atoms with van der Waals surface area (Å²) >= 11 is 3.78. The first kappa shape index (κ1) is 78.8. The molecule has 0 saturated heterocycles. The van der Waals surface area contributed by atoms with Crippen LogP contribution in [0.5, 0.6) is 23.0 Å². The number of anilines is 5. The molecule has 0 bridgehead atoms. The van der Waals surface area contributed by atoms with Crippen LogP contribution in [0.1, 0.15) is 158 Å². The fourth-order valence-electron chi connectivity index (χ4n) is 19.2. The number of halogens is 1. The van der Waals surface area contributed by atoms with Crippen LogP contribution >= 0.6 is 15.9 Å². The van der Waals surface area contributed by atoms with Crippen LogP contribution in [0.2, 0.25) is 0 Å². The van der Waals surface area contributed by atoms with Crippen molar-refractivity contribution in [3.05, 3.63) is 483 Å². The molecule has 0 saturated carbocycles. The maximum Gasteiger partial charge on any atom is 0.127 e. The highest BCUT2D eigenvalue weighted by Crippen LogP contribution is 2.61. The molecule has 16 aromatic carbocycles. The van der Waals surface area contributed by atoms with Crippen molar-refractivity contribution in [1.82, 2.24) is 0 Å². The Morgan fingerprint density at radius 2 is 0.595 bits per heavy atom. The summed E-state index contributed by atoms with van der Waals surface area (Å²) in [5, 5.41) is 3.50. The van der Waals surface area contributed by atoms with E-state index in [1.165, 1.54) is 122 Å². The minimum Gasteiger partial charge on any atom is -0.457 e. The van der Waals surface area contributed by atoms with Gasteiger partial charge in [0.1, 0.15) is 23.0 Å². The number of benzene rings is 16. The molecule has 4 nitrogen and oxygen atoms in total. The maximum atomic E-state index is 6.40. The zero-order chi connectivity index (χ0) is 83.6. The quantitative estimate of drug-likeness (QED) is 0.111. The Hall–Kier alpha value is -13.3. The number of hydrogen-bond acceptors (Lipinski definition) is 4. The summed E-state index contributed by atoms with van der Waals surface area (Å²) < 4.78 is 13.7. The van der Waals surface area contributed by atoms with Gasteiger partial charge in [0.25, 0.3) is 0 Å². The third kappa shape index (κ3) is 14.2. The molecule has 20 rings (SSSR count). The first-order valence-corrected chi connectivity index (χ1v) is 42.9. The van der Waals surface area contributed by atoms with E-state index in [0.29, 0.717) is 0 Å². The zero-order valence-electron chi connectivity index (χ0n) is 70.5. The Kier molecular flexibility index (Phi) is 20.5. The highest BCUT2D eigenvalue weighted by molar-refractivity contribution is 9.10. The first-order chi connectivity index (χ1) is 58.5. The van der Waals surface area contributed by atoms with Gasteiger partial charge in [-0.15, -0.1) is 0 Å². The molecular formula is C116H99BrN2O2. The molecule has 0 aliphatic heterocycles. The van der Waals surface area contributed by atoms with Gasteiger partial charge >= 0.3 is 0 Å². The normalized spacial score (nSPS) is 15.5. The van der Waals surface area contributed by atoms with Gasteiger partial charge in [-0.05, 0) is 266 Å². The van der Waals surface area contributed by atoms with Crippen LogP contribution in [0.15, 0.2) is 394 Å². The van der Waals surface area contributed by atoms with E-state index in [4.69, 9.17) is 9.47 Å². The molecule has 0 amide bonds. The largest absolute Gasteiger partial charge is 0.457 e. The van der Waals surface area contributed by atoms with Gasteiger partial charge in [-0.25, -0.2) is 0 Å². The summed E-state index contributed by atoms with van der Waals surface area (Å²) in [6.07, 6.45) is 3.68. The number of fused-ring (bicyclic) bond motifs is 12. The van der Waals surface area contributed by atoms with E-state index in [1.807, 2.05) is 66.7 Å². The molecular weight excluding hydrogens is 1530 g/mol. The topological polar surface area (TPSA) is 33.7 Å². The Morgan fingerprint density at radius 1 is 0.281 bits per heavy atom. The van der Waals surface area contributed by atoms with Gasteiger partial charge in [-0.3, -0.25) is 0 Å². The molecule has 0 fully saturated rings. The lowest BCUT2D eigenvalue weighted by Crippen LogP contribution is -2.29. The van der Waals surface area contributed by atoms with Gasteiger partial charge in [0.2, 0.25) is 0 Å². The van der Waals surface area contributed by atoms with Crippen molar-refractivity contribution >= 4 is 56.5 Å². The van der Waals surface area contributed by atoms with E-state index in [0.717, 1.165) is 67.0 Å². The highest BCUT2D eigenvalue weighted by atomic mass is 79.9. The minimum atomic E-state index is -0.605. The van der Waals surface area contributed by atoms with E-state index < -0.39 is 10.8 Å². The average molecular weight is 1630 g/mol. The zero-order valence-corrected chi connectivity index (χ0v) is 72.1. The molecule has 0 radical (unpaired) electrons. The second-order valence-electron chi connectivity index (χ2n) is 35.5. The van der Waals surface area contributed by atoms with E-state index >= 15 is 0 Å². The monoisotopic (exact) mass is 1630 g/mol. The Bertz CT molecular complexity index is 6570.